The van der Waals surface area contributed by atoms with Crippen LogP contribution in [0.1, 0.15) is 35.6 Å². The average Bonchev–Trinajstić information content (AvgIpc) is 3.39. The van der Waals surface area contributed by atoms with Crippen LogP contribution < -0.4 is 10.6 Å². The van der Waals surface area contributed by atoms with E-state index in [0.29, 0.717) is 35.7 Å². The minimum Gasteiger partial charge on any atom is -0.464 e. The molecule has 2 N–H and O–H groups in total. The maximum atomic E-state index is 12.8. The standard InChI is InChI=1S/C26H30N4O4S/c1-16(2)9-10-30-24(26(32)34-4)23(29-22(31)15-33-3)20-12-18(13-28-25(20)30)27-14-19-11-17-7-5-6-8-21(17)35-19/h5-8,11-13,16,27H,9-10,14-15H2,1-4H3,(H,29,31). The predicted molar refractivity (Wildman–Crippen MR) is 140 cm³/mol. The normalized spacial score (nSPS) is 11.3. The van der Waals surface area contributed by atoms with Crippen molar-refractivity contribution in [3.63, 3.8) is 0 Å². The van der Waals surface area contributed by atoms with Gasteiger partial charge in [-0.05, 0) is 35.9 Å². The minimum absolute atomic E-state index is 0.128. The highest BCUT2D eigenvalue weighted by molar-refractivity contribution is 7.19. The third-order valence-electron chi connectivity index (χ3n) is 5.69. The number of hydrogen-bond acceptors (Lipinski definition) is 7. The summed E-state index contributed by atoms with van der Waals surface area (Å²) in [6.45, 7) is 5.31. The van der Waals surface area contributed by atoms with Crippen LogP contribution in [0.3, 0.4) is 0 Å². The molecule has 0 saturated carbocycles. The summed E-state index contributed by atoms with van der Waals surface area (Å²) in [5.74, 6) is -0.463. The van der Waals surface area contributed by atoms with E-state index in [4.69, 9.17) is 9.47 Å². The Hall–Kier alpha value is -3.43. The molecule has 0 aliphatic rings. The second-order valence-corrected chi connectivity index (χ2v) is 9.90. The van der Waals surface area contributed by atoms with Gasteiger partial charge in [-0.15, -0.1) is 11.3 Å². The molecule has 0 radical (unpaired) electrons. The summed E-state index contributed by atoms with van der Waals surface area (Å²) in [4.78, 5) is 31.1. The van der Waals surface area contributed by atoms with Crippen molar-refractivity contribution in [2.24, 2.45) is 5.92 Å². The van der Waals surface area contributed by atoms with Gasteiger partial charge >= 0.3 is 5.97 Å². The third kappa shape index (κ3) is 5.47. The molecule has 35 heavy (non-hydrogen) atoms. The predicted octanol–water partition coefficient (Wildman–Crippen LogP) is 5.28. The fourth-order valence-electron chi connectivity index (χ4n) is 3.98. The molecule has 0 unspecified atom stereocenters. The van der Waals surface area contributed by atoms with E-state index in [0.717, 1.165) is 12.1 Å². The van der Waals surface area contributed by atoms with Crippen LogP contribution in [0.15, 0.2) is 42.6 Å². The summed E-state index contributed by atoms with van der Waals surface area (Å²) in [6.07, 6.45) is 2.59. The van der Waals surface area contributed by atoms with Crippen LogP contribution in [0.4, 0.5) is 11.4 Å². The Morgan fingerprint density at radius 3 is 2.69 bits per heavy atom. The van der Waals surface area contributed by atoms with E-state index in [-0.39, 0.29) is 18.2 Å². The number of amides is 1. The lowest BCUT2D eigenvalue weighted by Crippen LogP contribution is -2.20. The smallest absolute Gasteiger partial charge is 0.356 e. The van der Waals surface area contributed by atoms with Gasteiger partial charge < -0.3 is 24.7 Å². The van der Waals surface area contributed by atoms with E-state index in [1.807, 2.05) is 22.8 Å². The summed E-state index contributed by atoms with van der Waals surface area (Å²) < 4.78 is 13.1. The van der Waals surface area contributed by atoms with E-state index in [1.54, 1.807) is 17.5 Å². The number of anilines is 2. The first-order valence-electron chi connectivity index (χ1n) is 11.5. The van der Waals surface area contributed by atoms with Crippen LogP contribution in [0.25, 0.3) is 21.1 Å². The third-order valence-corrected chi connectivity index (χ3v) is 6.81. The quantitative estimate of drug-likeness (QED) is 0.291. The summed E-state index contributed by atoms with van der Waals surface area (Å²) in [6, 6.07) is 12.4. The van der Waals surface area contributed by atoms with Gasteiger partial charge in [0, 0.05) is 35.2 Å². The number of methoxy groups -OCH3 is 2. The number of esters is 1. The Bertz CT molecular complexity index is 1330. The van der Waals surface area contributed by atoms with Crippen molar-refractivity contribution < 1.29 is 19.1 Å². The molecular formula is C26H30N4O4S. The van der Waals surface area contributed by atoms with Crippen LogP contribution in [0.5, 0.6) is 0 Å². The van der Waals surface area contributed by atoms with Crippen molar-refractivity contribution in [3.05, 3.63) is 53.2 Å². The molecule has 8 nitrogen and oxygen atoms in total. The number of fused-ring (bicyclic) bond motifs is 2. The molecule has 0 spiro atoms. The van der Waals surface area contributed by atoms with Gasteiger partial charge in [-0.2, -0.15) is 0 Å². The molecule has 184 valence electrons. The second kappa shape index (κ2) is 10.9. The van der Waals surface area contributed by atoms with Crippen molar-refractivity contribution in [1.29, 1.82) is 0 Å². The number of ether oxygens (including phenoxy) is 2. The topological polar surface area (TPSA) is 94.5 Å². The summed E-state index contributed by atoms with van der Waals surface area (Å²) in [5, 5.41) is 8.16. The number of rotatable bonds is 10. The van der Waals surface area contributed by atoms with Gasteiger partial charge in [-0.25, -0.2) is 9.78 Å². The molecule has 9 heteroatoms. The molecule has 3 aromatic heterocycles. The molecule has 1 amide bonds. The van der Waals surface area contributed by atoms with Gasteiger partial charge in [0.1, 0.15) is 12.3 Å². The lowest BCUT2D eigenvalue weighted by molar-refractivity contribution is -0.119. The first-order chi connectivity index (χ1) is 16.9. The van der Waals surface area contributed by atoms with Gasteiger partial charge in [-0.3, -0.25) is 4.79 Å². The second-order valence-electron chi connectivity index (χ2n) is 8.73. The van der Waals surface area contributed by atoms with E-state index < -0.39 is 5.97 Å². The zero-order valence-electron chi connectivity index (χ0n) is 20.4. The Labute approximate surface area is 208 Å². The van der Waals surface area contributed by atoms with E-state index in [2.05, 4.69) is 47.7 Å². The number of thiophene rings is 1. The lowest BCUT2D eigenvalue weighted by Gasteiger charge is -2.12. The number of carbonyl (C=O) groups is 2. The molecule has 1 aromatic carbocycles. The molecule has 0 aliphatic heterocycles. The Kier molecular flexibility index (Phi) is 7.67. The zero-order chi connectivity index (χ0) is 24.9. The number of pyridine rings is 1. The van der Waals surface area contributed by atoms with E-state index in [1.165, 1.54) is 29.2 Å². The number of aryl methyl sites for hydroxylation is 1. The molecule has 0 saturated heterocycles. The Morgan fingerprint density at radius 1 is 1.17 bits per heavy atom. The van der Waals surface area contributed by atoms with Gasteiger partial charge in [0.25, 0.3) is 0 Å². The number of nitrogens with zero attached hydrogens (tertiary/aromatic N) is 2. The zero-order valence-corrected chi connectivity index (χ0v) is 21.2. The summed E-state index contributed by atoms with van der Waals surface area (Å²) in [7, 11) is 2.78. The molecule has 4 rings (SSSR count). The first-order valence-corrected chi connectivity index (χ1v) is 12.3. The number of carbonyl (C=O) groups excluding carboxylic acids is 2. The summed E-state index contributed by atoms with van der Waals surface area (Å²) >= 11 is 1.74. The molecule has 0 bridgehead atoms. The first kappa shape index (κ1) is 24.7. The van der Waals surface area contributed by atoms with Crippen molar-refractivity contribution in [3.8, 4) is 0 Å². The highest BCUT2D eigenvalue weighted by Crippen LogP contribution is 2.34. The number of aromatic nitrogens is 2. The van der Waals surface area contributed by atoms with E-state index >= 15 is 0 Å². The van der Waals surface area contributed by atoms with Gasteiger partial charge in [0.05, 0.1) is 24.7 Å². The van der Waals surface area contributed by atoms with Crippen molar-refractivity contribution in [1.82, 2.24) is 9.55 Å². The summed E-state index contributed by atoms with van der Waals surface area (Å²) in [5.41, 5.74) is 2.07. The molecule has 4 aromatic rings. The van der Waals surface area contributed by atoms with Crippen LogP contribution >= 0.6 is 11.3 Å². The number of hydrogen-bond donors (Lipinski definition) is 2. The Morgan fingerprint density at radius 2 is 1.97 bits per heavy atom. The van der Waals surface area contributed by atoms with Crippen LogP contribution in [0.2, 0.25) is 0 Å². The molecule has 0 atom stereocenters. The van der Waals surface area contributed by atoms with Crippen molar-refractivity contribution in [2.45, 2.75) is 33.4 Å². The largest absolute Gasteiger partial charge is 0.464 e. The highest BCUT2D eigenvalue weighted by atomic mass is 32.1. The molecule has 0 fully saturated rings. The van der Waals surface area contributed by atoms with Gasteiger partial charge in [-0.1, -0.05) is 32.0 Å². The minimum atomic E-state index is -0.528. The average molecular weight is 495 g/mol. The maximum absolute atomic E-state index is 12.8. The highest BCUT2D eigenvalue weighted by Gasteiger charge is 2.26. The maximum Gasteiger partial charge on any atom is 0.356 e. The number of benzene rings is 1. The van der Waals surface area contributed by atoms with Crippen molar-refractivity contribution in [2.75, 3.05) is 31.5 Å². The van der Waals surface area contributed by atoms with Crippen molar-refractivity contribution >= 4 is 55.7 Å². The lowest BCUT2D eigenvalue weighted by atomic mass is 10.1. The Balaban J connectivity index is 1.72. The molecule has 3 heterocycles. The van der Waals surface area contributed by atoms with E-state index in [9.17, 15) is 9.59 Å². The van der Waals surface area contributed by atoms with Crippen LogP contribution in [0, 0.1) is 5.92 Å². The van der Waals surface area contributed by atoms with Gasteiger partial charge in [0.2, 0.25) is 5.91 Å². The van der Waals surface area contributed by atoms with Crippen LogP contribution in [-0.2, 0) is 27.4 Å². The molecule has 0 aliphatic carbocycles. The fraction of sp³-hybridized carbons (Fsp3) is 0.346. The molecular weight excluding hydrogens is 464 g/mol. The SMILES string of the molecule is COCC(=O)Nc1c(C(=O)OC)n(CCC(C)C)c2ncc(NCc3cc4ccccc4s3)cc12. The monoisotopic (exact) mass is 494 g/mol. The number of nitrogens with one attached hydrogen (secondary N) is 2. The van der Waals surface area contributed by atoms with Crippen LogP contribution in [-0.4, -0.2) is 42.3 Å². The fourth-order valence-corrected chi connectivity index (χ4v) is 4.99. The van der Waals surface area contributed by atoms with Gasteiger partial charge in [0.15, 0.2) is 5.69 Å².